The van der Waals surface area contributed by atoms with Gasteiger partial charge in [0, 0.05) is 23.4 Å². The molecule has 0 saturated carbocycles. The van der Waals surface area contributed by atoms with E-state index in [4.69, 9.17) is 17.3 Å². The maximum atomic E-state index is 5.93. The van der Waals surface area contributed by atoms with Crippen LogP contribution in [-0.2, 0) is 0 Å². The van der Waals surface area contributed by atoms with Gasteiger partial charge >= 0.3 is 0 Å². The first-order chi connectivity index (χ1) is 8.99. The molecule has 1 atom stereocenters. The minimum absolute atomic E-state index is 0.262. The number of halogens is 1. The van der Waals surface area contributed by atoms with E-state index in [1.54, 1.807) is 0 Å². The molecule has 2 rings (SSSR count). The largest absolute Gasteiger partial charge is 0.399 e. The number of aryl methyl sites for hydroxylation is 1. The SMILES string of the molecule is Cc1ccc(N)cc1N(C)C(C)c1ccc(Cl)cc1. The van der Waals surface area contributed by atoms with Crippen LogP contribution in [0.15, 0.2) is 42.5 Å². The molecular formula is C16H19ClN2. The Labute approximate surface area is 119 Å². The molecule has 0 amide bonds. The number of nitrogen functional groups attached to an aromatic ring is 1. The molecule has 2 aromatic carbocycles. The van der Waals surface area contributed by atoms with Gasteiger partial charge in [-0.1, -0.05) is 29.8 Å². The summed E-state index contributed by atoms with van der Waals surface area (Å²) >= 11 is 5.93. The highest BCUT2D eigenvalue weighted by atomic mass is 35.5. The third-order valence-electron chi connectivity index (χ3n) is 3.55. The lowest BCUT2D eigenvalue weighted by Crippen LogP contribution is -2.22. The monoisotopic (exact) mass is 274 g/mol. The zero-order valence-electron chi connectivity index (χ0n) is 11.5. The molecule has 19 heavy (non-hydrogen) atoms. The summed E-state index contributed by atoms with van der Waals surface area (Å²) in [5.74, 6) is 0. The number of hydrogen-bond donors (Lipinski definition) is 1. The molecule has 0 saturated heterocycles. The Morgan fingerprint density at radius 1 is 1.11 bits per heavy atom. The van der Waals surface area contributed by atoms with E-state index in [2.05, 4.69) is 44.0 Å². The summed E-state index contributed by atoms with van der Waals surface area (Å²) in [7, 11) is 2.08. The molecule has 3 heteroatoms. The number of benzene rings is 2. The van der Waals surface area contributed by atoms with Crippen LogP contribution < -0.4 is 10.6 Å². The van der Waals surface area contributed by atoms with E-state index >= 15 is 0 Å². The van der Waals surface area contributed by atoms with Crippen LogP contribution in [-0.4, -0.2) is 7.05 Å². The lowest BCUT2D eigenvalue weighted by molar-refractivity contribution is 0.738. The zero-order valence-corrected chi connectivity index (χ0v) is 12.3. The second kappa shape index (κ2) is 5.54. The van der Waals surface area contributed by atoms with Crippen molar-refractivity contribution in [1.29, 1.82) is 0 Å². The average molecular weight is 275 g/mol. The van der Waals surface area contributed by atoms with Gasteiger partial charge in [-0.3, -0.25) is 0 Å². The van der Waals surface area contributed by atoms with Gasteiger partial charge in [0.05, 0.1) is 6.04 Å². The maximum Gasteiger partial charge on any atom is 0.0511 e. The van der Waals surface area contributed by atoms with Crippen LogP contribution in [0.25, 0.3) is 0 Å². The summed E-state index contributed by atoms with van der Waals surface area (Å²) in [5.41, 5.74) is 10.3. The Morgan fingerprint density at radius 3 is 2.37 bits per heavy atom. The zero-order chi connectivity index (χ0) is 14.0. The van der Waals surface area contributed by atoms with Crippen LogP contribution in [0, 0.1) is 6.92 Å². The fraction of sp³-hybridized carbons (Fsp3) is 0.250. The van der Waals surface area contributed by atoms with Gasteiger partial charge in [0.1, 0.15) is 0 Å². The molecule has 100 valence electrons. The van der Waals surface area contributed by atoms with Crippen LogP contribution >= 0.6 is 11.6 Å². The Balaban J connectivity index is 2.30. The predicted molar refractivity (Wildman–Crippen MR) is 83.9 cm³/mol. The van der Waals surface area contributed by atoms with E-state index in [1.807, 2.05) is 24.3 Å². The first-order valence-corrected chi connectivity index (χ1v) is 6.71. The molecule has 2 nitrogen and oxygen atoms in total. The first kappa shape index (κ1) is 13.8. The smallest absolute Gasteiger partial charge is 0.0511 e. The molecule has 0 heterocycles. The van der Waals surface area contributed by atoms with E-state index in [9.17, 15) is 0 Å². The predicted octanol–water partition coefficient (Wildman–Crippen LogP) is 4.43. The second-order valence-corrected chi connectivity index (χ2v) is 5.32. The highest BCUT2D eigenvalue weighted by molar-refractivity contribution is 6.30. The van der Waals surface area contributed by atoms with Crippen molar-refractivity contribution < 1.29 is 0 Å². The van der Waals surface area contributed by atoms with Gasteiger partial charge in [0.15, 0.2) is 0 Å². The van der Waals surface area contributed by atoms with Gasteiger partial charge in [-0.15, -0.1) is 0 Å². The van der Waals surface area contributed by atoms with Crippen molar-refractivity contribution in [2.75, 3.05) is 17.7 Å². The molecule has 0 aliphatic rings. The van der Waals surface area contributed by atoms with E-state index in [0.29, 0.717) is 0 Å². The fourth-order valence-electron chi connectivity index (χ4n) is 2.18. The third kappa shape index (κ3) is 3.02. The summed E-state index contributed by atoms with van der Waals surface area (Å²) in [5, 5.41) is 0.763. The normalized spacial score (nSPS) is 12.2. The molecule has 1 unspecified atom stereocenters. The molecule has 2 aromatic rings. The van der Waals surface area contributed by atoms with E-state index in [1.165, 1.54) is 11.1 Å². The summed E-state index contributed by atoms with van der Waals surface area (Å²) in [6, 6.07) is 14.2. The van der Waals surface area contributed by atoms with E-state index in [0.717, 1.165) is 16.4 Å². The van der Waals surface area contributed by atoms with Crippen LogP contribution in [0.1, 0.15) is 24.1 Å². The lowest BCUT2D eigenvalue weighted by atomic mass is 10.1. The molecule has 2 N–H and O–H groups in total. The van der Waals surface area contributed by atoms with Gasteiger partial charge < -0.3 is 10.6 Å². The van der Waals surface area contributed by atoms with Gasteiger partial charge in [0.25, 0.3) is 0 Å². The highest BCUT2D eigenvalue weighted by Crippen LogP contribution is 2.29. The molecule has 0 aliphatic heterocycles. The minimum Gasteiger partial charge on any atom is -0.399 e. The van der Waals surface area contributed by atoms with Crippen molar-refractivity contribution >= 4 is 23.0 Å². The summed E-state index contributed by atoms with van der Waals surface area (Å²) in [4.78, 5) is 2.23. The Bertz CT molecular complexity index is 563. The summed E-state index contributed by atoms with van der Waals surface area (Å²) in [6.45, 7) is 4.27. The summed E-state index contributed by atoms with van der Waals surface area (Å²) in [6.07, 6.45) is 0. The maximum absolute atomic E-state index is 5.93. The van der Waals surface area contributed by atoms with E-state index < -0.39 is 0 Å². The Hall–Kier alpha value is -1.67. The van der Waals surface area contributed by atoms with E-state index in [-0.39, 0.29) is 6.04 Å². The van der Waals surface area contributed by atoms with Gasteiger partial charge in [0.2, 0.25) is 0 Å². The van der Waals surface area contributed by atoms with Gasteiger partial charge in [-0.05, 0) is 49.2 Å². The minimum atomic E-state index is 0.262. The van der Waals surface area contributed by atoms with Gasteiger partial charge in [-0.25, -0.2) is 0 Å². The van der Waals surface area contributed by atoms with Crippen molar-refractivity contribution in [3.8, 4) is 0 Å². The van der Waals surface area contributed by atoms with Crippen LogP contribution in [0.5, 0.6) is 0 Å². The van der Waals surface area contributed by atoms with Gasteiger partial charge in [-0.2, -0.15) is 0 Å². The Kier molecular flexibility index (Phi) is 4.01. The molecule has 0 radical (unpaired) electrons. The van der Waals surface area contributed by atoms with Crippen LogP contribution in [0.4, 0.5) is 11.4 Å². The lowest BCUT2D eigenvalue weighted by Gasteiger charge is -2.29. The van der Waals surface area contributed by atoms with Crippen molar-refractivity contribution in [2.24, 2.45) is 0 Å². The third-order valence-corrected chi connectivity index (χ3v) is 3.80. The van der Waals surface area contributed by atoms with Crippen molar-refractivity contribution in [3.63, 3.8) is 0 Å². The molecule has 0 bridgehead atoms. The molecular weight excluding hydrogens is 256 g/mol. The second-order valence-electron chi connectivity index (χ2n) is 4.88. The molecule has 0 aromatic heterocycles. The summed E-state index contributed by atoms with van der Waals surface area (Å²) < 4.78 is 0. The standard InChI is InChI=1S/C16H19ClN2/c1-11-4-9-15(18)10-16(11)19(3)12(2)13-5-7-14(17)8-6-13/h4-10,12H,18H2,1-3H3. The number of rotatable bonds is 3. The number of nitrogens with zero attached hydrogens (tertiary/aromatic N) is 1. The van der Waals surface area contributed by atoms with Crippen molar-refractivity contribution in [2.45, 2.75) is 19.9 Å². The topological polar surface area (TPSA) is 29.3 Å². The molecule has 0 spiro atoms. The number of nitrogens with two attached hydrogens (primary N) is 1. The molecule has 0 fully saturated rings. The molecule has 0 aliphatic carbocycles. The van der Waals surface area contributed by atoms with Crippen molar-refractivity contribution in [3.05, 3.63) is 58.6 Å². The number of hydrogen-bond acceptors (Lipinski definition) is 2. The number of anilines is 2. The van der Waals surface area contributed by atoms with Crippen molar-refractivity contribution in [1.82, 2.24) is 0 Å². The average Bonchev–Trinajstić information content (AvgIpc) is 2.41. The first-order valence-electron chi connectivity index (χ1n) is 6.33. The Morgan fingerprint density at radius 2 is 1.74 bits per heavy atom. The van der Waals surface area contributed by atoms with Crippen LogP contribution in [0.3, 0.4) is 0 Å². The quantitative estimate of drug-likeness (QED) is 0.839. The van der Waals surface area contributed by atoms with Crippen LogP contribution in [0.2, 0.25) is 5.02 Å². The highest BCUT2D eigenvalue weighted by Gasteiger charge is 2.14. The fourth-order valence-corrected chi connectivity index (χ4v) is 2.31.